The van der Waals surface area contributed by atoms with Gasteiger partial charge < -0.3 is 9.84 Å². The zero-order valence-electron chi connectivity index (χ0n) is 14.6. The van der Waals surface area contributed by atoms with Gasteiger partial charge in [0.05, 0.1) is 6.61 Å². The van der Waals surface area contributed by atoms with Gasteiger partial charge in [-0.05, 0) is 54.7 Å². The fourth-order valence-electron chi connectivity index (χ4n) is 2.56. The Balaban J connectivity index is 3.08. The first-order valence-electron chi connectivity index (χ1n) is 8.45. The van der Waals surface area contributed by atoms with Crippen LogP contribution in [0.4, 0.5) is 0 Å². The molecule has 124 valence electrons. The maximum Gasteiger partial charge on any atom is 0.306 e. The summed E-state index contributed by atoms with van der Waals surface area (Å²) in [5.41, 5.74) is 3.11. The number of rotatable bonds is 8. The van der Waals surface area contributed by atoms with E-state index >= 15 is 0 Å². The summed E-state index contributed by atoms with van der Waals surface area (Å²) in [5, 5.41) is 10.6. The summed E-state index contributed by atoms with van der Waals surface area (Å²) < 4.78 is 5.00. The molecular weight excluding hydrogens is 276 g/mol. The molecule has 1 aromatic rings. The molecule has 0 bridgehead atoms. The zero-order valence-corrected chi connectivity index (χ0v) is 14.6. The van der Waals surface area contributed by atoms with Crippen LogP contribution in [0.1, 0.15) is 82.4 Å². The van der Waals surface area contributed by atoms with Gasteiger partial charge >= 0.3 is 5.97 Å². The Morgan fingerprint density at radius 1 is 1.09 bits per heavy atom. The number of hydrogen-bond donors (Lipinski definition) is 1. The van der Waals surface area contributed by atoms with Gasteiger partial charge in [0.25, 0.3) is 0 Å². The summed E-state index contributed by atoms with van der Waals surface area (Å²) in [7, 11) is 0. The number of aromatic hydroxyl groups is 1. The molecule has 0 saturated heterocycles. The molecule has 2 atom stereocenters. The van der Waals surface area contributed by atoms with Gasteiger partial charge in [0.2, 0.25) is 0 Å². The number of carbonyl (C=O) groups excluding carboxylic acids is 1. The summed E-state index contributed by atoms with van der Waals surface area (Å²) >= 11 is 0. The van der Waals surface area contributed by atoms with E-state index in [-0.39, 0.29) is 5.97 Å². The number of hydrogen-bond acceptors (Lipinski definition) is 3. The molecule has 0 aliphatic carbocycles. The Morgan fingerprint density at radius 2 is 1.59 bits per heavy atom. The van der Waals surface area contributed by atoms with Crippen molar-refractivity contribution in [2.45, 2.75) is 72.1 Å². The van der Waals surface area contributed by atoms with E-state index in [0.717, 1.165) is 29.5 Å². The second-order valence-corrected chi connectivity index (χ2v) is 6.05. The average molecular weight is 306 g/mol. The fourth-order valence-corrected chi connectivity index (χ4v) is 2.56. The second-order valence-electron chi connectivity index (χ2n) is 6.05. The van der Waals surface area contributed by atoms with E-state index < -0.39 is 0 Å². The molecule has 1 rings (SSSR count). The molecule has 1 aromatic carbocycles. The third-order valence-corrected chi connectivity index (χ3v) is 4.44. The third kappa shape index (κ3) is 4.75. The van der Waals surface area contributed by atoms with Crippen molar-refractivity contribution in [1.29, 1.82) is 0 Å². The fraction of sp³-hybridized carbons (Fsp3) is 0.632. The number of ether oxygens (including phenoxy) is 1. The Morgan fingerprint density at radius 3 is 2.00 bits per heavy atom. The molecule has 2 unspecified atom stereocenters. The highest BCUT2D eigenvalue weighted by molar-refractivity contribution is 5.69. The van der Waals surface area contributed by atoms with Gasteiger partial charge in [-0.15, -0.1) is 0 Å². The first kappa shape index (κ1) is 18.5. The number of phenolic OH excluding ortho intramolecular Hbond substituents is 1. The zero-order chi connectivity index (χ0) is 16.7. The molecule has 0 spiro atoms. The van der Waals surface area contributed by atoms with Gasteiger partial charge in [-0.1, -0.05) is 39.8 Å². The van der Waals surface area contributed by atoms with Crippen LogP contribution in [-0.2, 0) is 16.0 Å². The van der Waals surface area contributed by atoms with Crippen molar-refractivity contribution in [3.63, 3.8) is 0 Å². The van der Waals surface area contributed by atoms with E-state index in [2.05, 4.69) is 39.8 Å². The van der Waals surface area contributed by atoms with Crippen LogP contribution in [0.25, 0.3) is 0 Å². The minimum absolute atomic E-state index is 0.161. The highest BCUT2D eigenvalue weighted by Crippen LogP contribution is 2.37. The molecule has 22 heavy (non-hydrogen) atoms. The Kier molecular flexibility index (Phi) is 7.43. The Bertz CT molecular complexity index is 462. The van der Waals surface area contributed by atoms with E-state index in [4.69, 9.17) is 4.74 Å². The van der Waals surface area contributed by atoms with E-state index in [1.807, 2.05) is 6.92 Å². The number of benzene rings is 1. The predicted molar refractivity (Wildman–Crippen MR) is 90.5 cm³/mol. The lowest BCUT2D eigenvalue weighted by molar-refractivity contribution is -0.143. The summed E-state index contributed by atoms with van der Waals surface area (Å²) in [6.45, 7) is 10.7. The van der Waals surface area contributed by atoms with E-state index in [0.29, 0.717) is 37.0 Å². The van der Waals surface area contributed by atoms with Crippen molar-refractivity contribution >= 4 is 5.97 Å². The van der Waals surface area contributed by atoms with Crippen molar-refractivity contribution in [2.75, 3.05) is 6.61 Å². The van der Waals surface area contributed by atoms with Gasteiger partial charge in [0.1, 0.15) is 5.75 Å². The first-order valence-corrected chi connectivity index (χ1v) is 8.45. The van der Waals surface area contributed by atoms with Crippen molar-refractivity contribution in [1.82, 2.24) is 0 Å². The van der Waals surface area contributed by atoms with Gasteiger partial charge in [0.15, 0.2) is 0 Å². The van der Waals surface area contributed by atoms with Crippen LogP contribution in [0.15, 0.2) is 12.1 Å². The van der Waals surface area contributed by atoms with Crippen molar-refractivity contribution < 1.29 is 14.6 Å². The molecule has 0 amide bonds. The number of aryl methyl sites for hydroxylation is 1. The third-order valence-electron chi connectivity index (χ3n) is 4.44. The van der Waals surface area contributed by atoms with Crippen molar-refractivity contribution in [2.24, 2.45) is 0 Å². The van der Waals surface area contributed by atoms with Crippen LogP contribution in [0.5, 0.6) is 5.75 Å². The minimum atomic E-state index is -0.161. The Labute approximate surface area is 134 Å². The highest BCUT2D eigenvalue weighted by Gasteiger charge is 2.18. The topological polar surface area (TPSA) is 46.5 Å². The lowest BCUT2D eigenvalue weighted by atomic mass is 9.87. The number of esters is 1. The molecule has 1 N–H and O–H groups in total. The van der Waals surface area contributed by atoms with Crippen molar-refractivity contribution in [3.05, 3.63) is 28.8 Å². The molecule has 0 aromatic heterocycles. The summed E-state index contributed by atoms with van der Waals surface area (Å²) in [4.78, 5) is 11.6. The maximum absolute atomic E-state index is 11.6. The molecule has 0 aliphatic rings. The van der Waals surface area contributed by atoms with Crippen LogP contribution >= 0.6 is 0 Å². The number of carbonyl (C=O) groups is 1. The van der Waals surface area contributed by atoms with Crippen LogP contribution in [0.3, 0.4) is 0 Å². The summed E-state index contributed by atoms with van der Waals surface area (Å²) in [6, 6.07) is 4.10. The molecule has 0 saturated carbocycles. The molecule has 0 radical (unpaired) electrons. The maximum atomic E-state index is 11.6. The lowest BCUT2D eigenvalue weighted by Gasteiger charge is -2.20. The molecular formula is C19H30O3. The standard InChI is InChI=1S/C19H30O3/c1-6-13(4)16-11-15(9-10-18(20)22-8-3)12-17(19(16)21)14(5)7-2/h11-14,21H,6-10H2,1-5H3. The normalized spacial score (nSPS) is 13.7. The summed E-state index contributed by atoms with van der Waals surface area (Å²) in [6.07, 6.45) is 3.01. The van der Waals surface area contributed by atoms with E-state index in [1.54, 1.807) is 0 Å². The van der Waals surface area contributed by atoms with E-state index in [1.165, 1.54) is 0 Å². The van der Waals surface area contributed by atoms with Gasteiger partial charge in [-0.25, -0.2) is 0 Å². The average Bonchev–Trinajstić information content (AvgIpc) is 2.52. The van der Waals surface area contributed by atoms with Gasteiger partial charge in [0, 0.05) is 6.42 Å². The smallest absolute Gasteiger partial charge is 0.306 e. The molecule has 0 aliphatic heterocycles. The minimum Gasteiger partial charge on any atom is -0.507 e. The van der Waals surface area contributed by atoms with Crippen LogP contribution < -0.4 is 0 Å². The molecule has 3 heteroatoms. The van der Waals surface area contributed by atoms with Gasteiger partial charge in [-0.3, -0.25) is 4.79 Å². The second kappa shape index (κ2) is 8.82. The number of phenols is 1. The van der Waals surface area contributed by atoms with Crippen LogP contribution in [0, 0.1) is 0 Å². The van der Waals surface area contributed by atoms with Crippen molar-refractivity contribution in [3.8, 4) is 5.75 Å². The van der Waals surface area contributed by atoms with Gasteiger partial charge in [-0.2, -0.15) is 0 Å². The van der Waals surface area contributed by atoms with Crippen LogP contribution in [0.2, 0.25) is 0 Å². The highest BCUT2D eigenvalue weighted by atomic mass is 16.5. The van der Waals surface area contributed by atoms with Crippen LogP contribution in [-0.4, -0.2) is 17.7 Å². The lowest BCUT2D eigenvalue weighted by Crippen LogP contribution is -2.06. The van der Waals surface area contributed by atoms with E-state index in [9.17, 15) is 9.90 Å². The molecule has 0 heterocycles. The summed E-state index contributed by atoms with van der Waals surface area (Å²) in [5.74, 6) is 0.894. The molecule has 3 nitrogen and oxygen atoms in total. The largest absolute Gasteiger partial charge is 0.507 e. The first-order chi connectivity index (χ1) is 10.4. The predicted octanol–water partition coefficient (Wildman–Crippen LogP) is 4.91. The SMILES string of the molecule is CCOC(=O)CCc1cc(C(C)CC)c(O)c(C(C)CC)c1. The quantitative estimate of drug-likeness (QED) is 0.694. The molecule has 0 fully saturated rings. The monoisotopic (exact) mass is 306 g/mol. The Hall–Kier alpha value is -1.51.